The fraction of sp³-hybridized carbons (Fsp3) is 0.579. The van der Waals surface area contributed by atoms with Gasteiger partial charge in [0.25, 0.3) is 0 Å². The molecule has 1 N–H and O–H groups in total. The largest absolute Gasteiger partial charge is 0.361 e. The summed E-state index contributed by atoms with van der Waals surface area (Å²) in [5.41, 5.74) is 4.43. The number of benzene rings is 1. The average Bonchev–Trinajstić information content (AvgIpc) is 2.97. The maximum Gasteiger partial charge on any atom is 0.0459 e. The minimum Gasteiger partial charge on any atom is -0.361 e. The number of likely N-dealkylation sites (N-methyl/N-ethyl adjacent to an activating group) is 1. The second-order valence-electron chi connectivity index (χ2n) is 5.58. The van der Waals surface area contributed by atoms with E-state index in [0.717, 1.165) is 12.0 Å². The van der Waals surface area contributed by atoms with Crippen LogP contribution in [0.2, 0.25) is 0 Å². The van der Waals surface area contributed by atoms with Crippen molar-refractivity contribution in [3.63, 3.8) is 0 Å². The van der Waals surface area contributed by atoms with Crippen LogP contribution in [0.15, 0.2) is 24.4 Å². The third kappa shape index (κ3) is 2.74. The van der Waals surface area contributed by atoms with E-state index in [9.17, 15) is 0 Å². The van der Waals surface area contributed by atoms with Gasteiger partial charge >= 0.3 is 0 Å². The van der Waals surface area contributed by atoms with E-state index in [1.165, 1.54) is 42.3 Å². The summed E-state index contributed by atoms with van der Waals surface area (Å²) in [5.74, 6) is 0.751. The number of nitrogens with one attached hydrogen (secondary N) is 1. The quantitative estimate of drug-likeness (QED) is 0.725. The molecule has 0 radical (unpaired) electrons. The fourth-order valence-electron chi connectivity index (χ4n) is 3.87. The van der Waals surface area contributed by atoms with Crippen LogP contribution in [0.4, 0.5) is 0 Å². The maximum atomic E-state index is 3.43. The third-order valence-electron chi connectivity index (χ3n) is 4.70. The highest BCUT2D eigenvalue weighted by Gasteiger charge is 2.35. The van der Waals surface area contributed by atoms with Crippen molar-refractivity contribution in [1.82, 2.24) is 9.88 Å². The van der Waals surface area contributed by atoms with Crippen molar-refractivity contribution in [2.75, 3.05) is 13.6 Å². The number of fused-ring (bicyclic) bond motifs is 2. The van der Waals surface area contributed by atoms with E-state index in [0.29, 0.717) is 0 Å². The van der Waals surface area contributed by atoms with Crippen molar-refractivity contribution in [3.8, 4) is 0 Å². The van der Waals surface area contributed by atoms with Crippen LogP contribution in [0.3, 0.4) is 0 Å². The van der Waals surface area contributed by atoms with Crippen LogP contribution in [0.5, 0.6) is 0 Å². The number of H-pyrrole nitrogens is 1. The van der Waals surface area contributed by atoms with Gasteiger partial charge < -0.3 is 9.88 Å². The van der Waals surface area contributed by atoms with Gasteiger partial charge in [0.2, 0.25) is 0 Å². The lowest BCUT2D eigenvalue weighted by molar-refractivity contribution is 0.157. The zero-order valence-electron chi connectivity index (χ0n) is 14.2. The summed E-state index contributed by atoms with van der Waals surface area (Å²) in [6.45, 7) is 9.26. The summed E-state index contributed by atoms with van der Waals surface area (Å²) >= 11 is 0. The Morgan fingerprint density at radius 1 is 1.14 bits per heavy atom. The normalized spacial score (nSPS) is 23.5. The molecule has 2 aliphatic rings. The molecule has 1 fully saturated rings. The molecule has 0 amide bonds. The molecule has 2 heteroatoms. The van der Waals surface area contributed by atoms with Crippen LogP contribution in [-0.2, 0) is 6.42 Å². The molecule has 21 heavy (non-hydrogen) atoms. The van der Waals surface area contributed by atoms with Gasteiger partial charge in [0.05, 0.1) is 0 Å². The molecule has 2 nitrogen and oxygen atoms in total. The van der Waals surface area contributed by atoms with Gasteiger partial charge in [0, 0.05) is 29.1 Å². The number of likely N-dealkylation sites (tertiary alicyclic amines) is 1. The van der Waals surface area contributed by atoms with Crippen LogP contribution in [0.1, 0.15) is 57.6 Å². The van der Waals surface area contributed by atoms with Crippen molar-refractivity contribution in [1.29, 1.82) is 0 Å². The Hall–Kier alpha value is -1.28. The van der Waals surface area contributed by atoms with Crippen molar-refractivity contribution in [2.45, 2.75) is 58.9 Å². The summed E-state index contributed by atoms with van der Waals surface area (Å²) in [4.78, 5) is 5.98. The molecule has 4 rings (SSSR count). The van der Waals surface area contributed by atoms with Crippen LogP contribution in [-0.4, -0.2) is 29.5 Å². The van der Waals surface area contributed by atoms with E-state index in [1.807, 2.05) is 27.7 Å². The molecular formula is C19H30N2. The van der Waals surface area contributed by atoms with E-state index >= 15 is 0 Å². The van der Waals surface area contributed by atoms with Gasteiger partial charge in [-0.05, 0) is 50.0 Å². The first kappa shape index (κ1) is 16.1. The Bertz CT molecular complexity index is 570. The Kier molecular flexibility index (Phi) is 5.46. The standard InChI is InChI=1S/C15H18N2.2C2H6/c1-17-7-3-5-11-12-4-2-6-13-15(12)10(9-16-13)8-14(11)17;2*1-2/h2,4,6,9,11,14,16H,3,5,7-8H2,1H3;2*1-2H3. The van der Waals surface area contributed by atoms with Gasteiger partial charge in [-0.3, -0.25) is 0 Å². The zero-order valence-corrected chi connectivity index (χ0v) is 14.2. The highest BCUT2D eigenvalue weighted by molar-refractivity contribution is 5.88. The van der Waals surface area contributed by atoms with Crippen LogP contribution in [0, 0.1) is 0 Å². The second kappa shape index (κ2) is 7.13. The van der Waals surface area contributed by atoms with Crippen LogP contribution >= 0.6 is 0 Å². The fourth-order valence-corrected chi connectivity index (χ4v) is 3.87. The van der Waals surface area contributed by atoms with Gasteiger partial charge in [-0.2, -0.15) is 0 Å². The van der Waals surface area contributed by atoms with E-state index in [2.05, 4.69) is 41.3 Å². The molecule has 1 aliphatic heterocycles. The van der Waals surface area contributed by atoms with Crippen molar-refractivity contribution in [2.24, 2.45) is 0 Å². The van der Waals surface area contributed by atoms with Crippen LogP contribution < -0.4 is 0 Å². The van der Waals surface area contributed by atoms with E-state index in [1.54, 1.807) is 5.56 Å². The molecule has 116 valence electrons. The lowest BCUT2D eigenvalue weighted by atomic mass is 9.75. The molecule has 1 saturated heterocycles. The van der Waals surface area contributed by atoms with Crippen molar-refractivity contribution >= 4 is 10.9 Å². The minimum absolute atomic E-state index is 0.720. The van der Waals surface area contributed by atoms with Gasteiger partial charge in [0.15, 0.2) is 0 Å². The number of hydrogen-bond donors (Lipinski definition) is 1. The Morgan fingerprint density at radius 3 is 2.67 bits per heavy atom. The van der Waals surface area contributed by atoms with E-state index < -0.39 is 0 Å². The molecule has 1 aromatic heterocycles. The first-order chi connectivity index (χ1) is 10.3. The molecular weight excluding hydrogens is 256 g/mol. The number of piperidine rings is 1. The van der Waals surface area contributed by atoms with Gasteiger partial charge in [-0.1, -0.05) is 39.8 Å². The molecule has 2 aromatic rings. The summed E-state index contributed by atoms with van der Waals surface area (Å²) in [7, 11) is 2.29. The lowest BCUT2D eigenvalue weighted by Gasteiger charge is -2.42. The topological polar surface area (TPSA) is 19.0 Å². The summed E-state index contributed by atoms with van der Waals surface area (Å²) in [6, 6.07) is 7.47. The van der Waals surface area contributed by atoms with Crippen molar-refractivity contribution in [3.05, 3.63) is 35.5 Å². The second-order valence-corrected chi connectivity index (χ2v) is 5.58. The molecule has 1 aromatic carbocycles. The monoisotopic (exact) mass is 286 g/mol. The van der Waals surface area contributed by atoms with Crippen molar-refractivity contribution < 1.29 is 0 Å². The Labute approximate surface area is 129 Å². The molecule has 0 saturated carbocycles. The first-order valence-electron chi connectivity index (χ1n) is 8.64. The summed E-state index contributed by atoms with van der Waals surface area (Å²) in [5, 5.41) is 1.52. The smallest absolute Gasteiger partial charge is 0.0459 e. The van der Waals surface area contributed by atoms with E-state index in [-0.39, 0.29) is 0 Å². The maximum absolute atomic E-state index is 3.43. The number of hydrogen-bond acceptors (Lipinski definition) is 1. The summed E-state index contributed by atoms with van der Waals surface area (Å²) < 4.78 is 0. The minimum atomic E-state index is 0.720. The van der Waals surface area contributed by atoms with Gasteiger partial charge in [0.1, 0.15) is 0 Å². The molecule has 0 spiro atoms. The number of aromatic amines is 1. The Balaban J connectivity index is 0.000000374. The predicted octanol–water partition coefficient (Wildman–Crippen LogP) is 4.95. The third-order valence-corrected chi connectivity index (χ3v) is 4.70. The molecule has 2 heterocycles. The molecule has 1 aliphatic carbocycles. The first-order valence-corrected chi connectivity index (χ1v) is 8.64. The molecule has 0 bridgehead atoms. The lowest BCUT2D eigenvalue weighted by Crippen LogP contribution is -2.44. The molecule has 2 unspecified atom stereocenters. The number of nitrogens with zero attached hydrogens (tertiary/aromatic N) is 1. The predicted molar refractivity (Wildman–Crippen MR) is 93.1 cm³/mol. The van der Waals surface area contributed by atoms with Crippen LogP contribution in [0.25, 0.3) is 10.9 Å². The van der Waals surface area contributed by atoms with Gasteiger partial charge in [-0.25, -0.2) is 0 Å². The highest BCUT2D eigenvalue weighted by atomic mass is 15.1. The zero-order chi connectivity index (χ0) is 15.4. The number of rotatable bonds is 0. The molecule has 2 atom stereocenters. The van der Waals surface area contributed by atoms with E-state index in [4.69, 9.17) is 0 Å². The van der Waals surface area contributed by atoms with Gasteiger partial charge in [-0.15, -0.1) is 0 Å². The number of aromatic nitrogens is 1. The average molecular weight is 286 g/mol. The Morgan fingerprint density at radius 2 is 1.90 bits per heavy atom. The SMILES string of the molecule is CC.CC.CN1CCCC2c3cccc4[nH]cc(c34)CC21. The highest BCUT2D eigenvalue weighted by Crippen LogP contribution is 2.42. The summed E-state index contributed by atoms with van der Waals surface area (Å²) in [6.07, 6.45) is 6.14.